The molecule has 6 heteroatoms. The molecule has 1 amide bonds. The number of hydrogen-bond donors (Lipinski definition) is 4. The number of rotatable bonds is 2. The minimum Gasteiger partial charge on any atom is -0.399 e. The smallest absolute Gasteiger partial charge is 0.272 e. The van der Waals surface area contributed by atoms with Crippen LogP contribution in [0, 0.1) is 13.8 Å². The molecule has 3 rings (SSSR count). The van der Waals surface area contributed by atoms with Gasteiger partial charge in [0.05, 0.1) is 17.1 Å². The first-order valence-electron chi connectivity index (χ1n) is 6.26. The predicted molar refractivity (Wildman–Crippen MR) is 78.7 cm³/mol. The third-order valence-corrected chi connectivity index (χ3v) is 3.26. The average Bonchev–Trinajstić information content (AvgIpc) is 2.96. The highest BCUT2D eigenvalue weighted by molar-refractivity contribution is 6.06. The van der Waals surface area contributed by atoms with Crippen molar-refractivity contribution in [2.24, 2.45) is 0 Å². The van der Waals surface area contributed by atoms with Crippen molar-refractivity contribution in [2.45, 2.75) is 13.8 Å². The SMILES string of the molecule is Cc1n[nH]c(C)c1NC(=O)c1cc2cc(N)ccc2[nH]1. The van der Waals surface area contributed by atoms with Crippen LogP contribution < -0.4 is 11.1 Å². The van der Waals surface area contributed by atoms with Crippen molar-refractivity contribution in [1.82, 2.24) is 15.2 Å². The van der Waals surface area contributed by atoms with Gasteiger partial charge in [0.1, 0.15) is 5.69 Å². The van der Waals surface area contributed by atoms with Gasteiger partial charge in [-0.25, -0.2) is 0 Å². The summed E-state index contributed by atoms with van der Waals surface area (Å²) in [5.74, 6) is -0.202. The third-order valence-electron chi connectivity index (χ3n) is 3.26. The quantitative estimate of drug-likeness (QED) is 0.537. The standard InChI is InChI=1S/C14H15N5O/c1-7-13(8(2)19-18-7)17-14(20)12-6-9-5-10(15)3-4-11(9)16-12/h3-6,16H,15H2,1-2H3,(H,17,20)(H,18,19). The number of carbonyl (C=O) groups is 1. The predicted octanol–water partition coefficient (Wildman–Crippen LogP) is 2.34. The molecule has 6 nitrogen and oxygen atoms in total. The van der Waals surface area contributed by atoms with Gasteiger partial charge in [-0.3, -0.25) is 9.89 Å². The fourth-order valence-corrected chi connectivity index (χ4v) is 2.19. The number of fused-ring (bicyclic) bond motifs is 1. The molecule has 3 aromatic rings. The lowest BCUT2D eigenvalue weighted by atomic mass is 10.2. The van der Waals surface area contributed by atoms with E-state index in [2.05, 4.69) is 20.5 Å². The number of carbonyl (C=O) groups excluding carboxylic acids is 1. The maximum absolute atomic E-state index is 12.3. The van der Waals surface area contributed by atoms with Gasteiger partial charge in [-0.1, -0.05) is 0 Å². The summed E-state index contributed by atoms with van der Waals surface area (Å²) in [7, 11) is 0. The Labute approximate surface area is 115 Å². The molecule has 0 aliphatic heterocycles. The van der Waals surface area contributed by atoms with E-state index < -0.39 is 0 Å². The van der Waals surface area contributed by atoms with E-state index in [1.54, 1.807) is 12.1 Å². The highest BCUT2D eigenvalue weighted by Gasteiger charge is 2.14. The van der Waals surface area contributed by atoms with Crippen LogP contribution in [-0.2, 0) is 0 Å². The van der Waals surface area contributed by atoms with Gasteiger partial charge in [-0.2, -0.15) is 5.10 Å². The zero-order valence-electron chi connectivity index (χ0n) is 11.2. The fraction of sp³-hybridized carbons (Fsp3) is 0.143. The van der Waals surface area contributed by atoms with Crippen molar-refractivity contribution >= 4 is 28.2 Å². The molecule has 5 N–H and O–H groups in total. The highest BCUT2D eigenvalue weighted by Crippen LogP contribution is 2.21. The molecule has 0 bridgehead atoms. The minimum atomic E-state index is -0.202. The van der Waals surface area contributed by atoms with Crippen molar-refractivity contribution in [1.29, 1.82) is 0 Å². The van der Waals surface area contributed by atoms with E-state index in [-0.39, 0.29) is 5.91 Å². The molecule has 0 atom stereocenters. The second-order valence-electron chi connectivity index (χ2n) is 4.79. The summed E-state index contributed by atoms with van der Waals surface area (Å²) in [5, 5.41) is 10.7. The van der Waals surface area contributed by atoms with Crippen LogP contribution in [0.15, 0.2) is 24.3 Å². The number of nitrogens with one attached hydrogen (secondary N) is 3. The number of nitrogen functional groups attached to an aromatic ring is 1. The Morgan fingerprint density at radius 3 is 2.80 bits per heavy atom. The lowest BCUT2D eigenvalue weighted by Crippen LogP contribution is -2.13. The lowest BCUT2D eigenvalue weighted by Gasteiger charge is -2.03. The molecule has 0 aliphatic carbocycles. The maximum Gasteiger partial charge on any atom is 0.272 e. The van der Waals surface area contributed by atoms with Crippen molar-refractivity contribution in [3.05, 3.63) is 41.3 Å². The fourth-order valence-electron chi connectivity index (χ4n) is 2.19. The van der Waals surface area contributed by atoms with E-state index in [1.807, 2.05) is 26.0 Å². The Morgan fingerprint density at radius 1 is 1.30 bits per heavy atom. The molecule has 20 heavy (non-hydrogen) atoms. The molecule has 102 valence electrons. The van der Waals surface area contributed by atoms with Gasteiger partial charge in [0, 0.05) is 16.6 Å². The van der Waals surface area contributed by atoms with Crippen LogP contribution in [0.2, 0.25) is 0 Å². The molecule has 2 heterocycles. The summed E-state index contributed by atoms with van der Waals surface area (Å²) in [6.07, 6.45) is 0. The highest BCUT2D eigenvalue weighted by atomic mass is 16.1. The molecule has 0 spiro atoms. The number of H-pyrrole nitrogens is 2. The van der Waals surface area contributed by atoms with Gasteiger partial charge >= 0.3 is 0 Å². The second-order valence-corrected chi connectivity index (χ2v) is 4.79. The molecule has 0 unspecified atom stereocenters. The van der Waals surface area contributed by atoms with Gasteiger partial charge in [-0.05, 0) is 38.1 Å². The molecule has 0 aliphatic rings. The number of aryl methyl sites for hydroxylation is 2. The van der Waals surface area contributed by atoms with Crippen molar-refractivity contribution in [2.75, 3.05) is 11.1 Å². The summed E-state index contributed by atoms with van der Waals surface area (Å²) in [6, 6.07) is 7.27. The van der Waals surface area contributed by atoms with Gasteiger partial charge in [0.2, 0.25) is 0 Å². The zero-order valence-corrected chi connectivity index (χ0v) is 11.2. The summed E-state index contributed by atoms with van der Waals surface area (Å²) in [4.78, 5) is 15.3. The largest absolute Gasteiger partial charge is 0.399 e. The minimum absolute atomic E-state index is 0.202. The van der Waals surface area contributed by atoms with E-state index in [0.717, 1.165) is 22.3 Å². The first-order valence-corrected chi connectivity index (χ1v) is 6.26. The molecule has 2 aromatic heterocycles. The van der Waals surface area contributed by atoms with Crippen LogP contribution in [0.4, 0.5) is 11.4 Å². The molecule has 1 aromatic carbocycles. The van der Waals surface area contributed by atoms with Crippen molar-refractivity contribution < 1.29 is 4.79 Å². The first-order chi connectivity index (χ1) is 9.54. The van der Waals surface area contributed by atoms with E-state index in [4.69, 9.17) is 5.73 Å². The van der Waals surface area contributed by atoms with Gasteiger partial charge in [0.15, 0.2) is 0 Å². The number of benzene rings is 1. The number of aromatic amines is 2. The second kappa shape index (κ2) is 4.41. The van der Waals surface area contributed by atoms with Crippen LogP contribution >= 0.6 is 0 Å². The van der Waals surface area contributed by atoms with Crippen LogP contribution in [-0.4, -0.2) is 21.1 Å². The molecule has 0 radical (unpaired) electrons. The molecular weight excluding hydrogens is 254 g/mol. The molecular formula is C14H15N5O. The van der Waals surface area contributed by atoms with Gasteiger partial charge in [-0.15, -0.1) is 0 Å². The maximum atomic E-state index is 12.3. The Morgan fingerprint density at radius 2 is 2.10 bits per heavy atom. The summed E-state index contributed by atoms with van der Waals surface area (Å²) in [5.41, 5.74) is 10.1. The zero-order chi connectivity index (χ0) is 14.3. The topological polar surface area (TPSA) is 99.6 Å². The van der Waals surface area contributed by atoms with Crippen molar-refractivity contribution in [3.8, 4) is 0 Å². The van der Waals surface area contributed by atoms with Gasteiger partial charge < -0.3 is 16.0 Å². The summed E-state index contributed by atoms with van der Waals surface area (Å²) >= 11 is 0. The Kier molecular flexibility index (Phi) is 2.71. The summed E-state index contributed by atoms with van der Waals surface area (Å²) < 4.78 is 0. The van der Waals surface area contributed by atoms with E-state index in [0.29, 0.717) is 17.1 Å². The van der Waals surface area contributed by atoms with Crippen molar-refractivity contribution in [3.63, 3.8) is 0 Å². The van der Waals surface area contributed by atoms with Gasteiger partial charge in [0.25, 0.3) is 5.91 Å². The molecule has 0 saturated carbocycles. The number of amides is 1. The van der Waals surface area contributed by atoms with Crippen LogP contribution in [0.1, 0.15) is 21.9 Å². The van der Waals surface area contributed by atoms with Crippen LogP contribution in [0.25, 0.3) is 10.9 Å². The van der Waals surface area contributed by atoms with E-state index in [9.17, 15) is 4.79 Å². The number of nitrogens with two attached hydrogens (primary N) is 1. The third kappa shape index (κ3) is 2.01. The molecule has 0 fully saturated rings. The monoisotopic (exact) mass is 269 g/mol. The number of aromatic nitrogens is 3. The number of nitrogens with zero attached hydrogens (tertiary/aromatic N) is 1. The van der Waals surface area contributed by atoms with E-state index >= 15 is 0 Å². The number of hydrogen-bond acceptors (Lipinski definition) is 3. The van der Waals surface area contributed by atoms with E-state index in [1.165, 1.54) is 0 Å². The Balaban J connectivity index is 1.93. The average molecular weight is 269 g/mol. The number of anilines is 2. The first kappa shape index (κ1) is 12.3. The Hall–Kier alpha value is -2.76. The summed E-state index contributed by atoms with van der Waals surface area (Å²) in [6.45, 7) is 3.70. The van der Waals surface area contributed by atoms with Crippen LogP contribution in [0.3, 0.4) is 0 Å². The normalized spacial score (nSPS) is 10.9. The van der Waals surface area contributed by atoms with Crippen LogP contribution in [0.5, 0.6) is 0 Å². The Bertz CT molecular complexity index is 780. The lowest BCUT2D eigenvalue weighted by molar-refractivity contribution is 0.102. The molecule has 0 saturated heterocycles.